The highest BCUT2D eigenvalue weighted by atomic mass is 35.5. The van der Waals surface area contributed by atoms with Crippen molar-refractivity contribution >= 4 is 40.8 Å². The minimum atomic E-state index is -1.36. The molecule has 0 saturated heterocycles. The van der Waals surface area contributed by atoms with Gasteiger partial charge in [0.25, 0.3) is 0 Å². The monoisotopic (exact) mass is 736 g/mol. The Hall–Kier alpha value is -2.70. The van der Waals surface area contributed by atoms with Crippen molar-refractivity contribution in [3.8, 4) is 5.75 Å². The Morgan fingerprint density at radius 1 is 1.14 bits per heavy atom. The average Bonchev–Trinajstić information content (AvgIpc) is 3.25. The maximum absolute atomic E-state index is 11.5. The van der Waals surface area contributed by atoms with E-state index in [0.29, 0.717) is 18.9 Å². The molecule has 0 radical (unpaired) electrons. The van der Waals surface area contributed by atoms with Crippen LogP contribution in [0.2, 0.25) is 5.02 Å². The molecule has 50 heavy (non-hydrogen) atoms. The lowest BCUT2D eigenvalue weighted by Crippen LogP contribution is -2.44. The molecule has 6 atom stereocenters. The van der Waals surface area contributed by atoms with Crippen LogP contribution in [-0.2, 0) is 27.2 Å². The lowest BCUT2D eigenvalue weighted by Gasteiger charge is -2.43. The van der Waals surface area contributed by atoms with Gasteiger partial charge in [0.1, 0.15) is 5.75 Å². The van der Waals surface area contributed by atoms with Crippen LogP contribution < -0.4 is 14.4 Å². The van der Waals surface area contributed by atoms with Gasteiger partial charge >= 0.3 is 0 Å². The molecule has 10 nitrogen and oxygen atoms in total. The quantitative estimate of drug-likeness (QED) is 0.146. The minimum absolute atomic E-state index is 0.0822. The number of carbonyl (C=O) groups is 2. The number of halogens is 1. The van der Waals surface area contributed by atoms with E-state index in [1.165, 1.54) is 15.4 Å². The van der Waals surface area contributed by atoms with E-state index in [0.717, 1.165) is 86.6 Å². The van der Waals surface area contributed by atoms with Crippen molar-refractivity contribution < 1.29 is 28.7 Å². The summed E-state index contributed by atoms with van der Waals surface area (Å²) in [5.74, 6) is 1.80. The highest BCUT2D eigenvalue weighted by Gasteiger charge is 2.38. The number of fused-ring (bicyclic) bond motifs is 1. The van der Waals surface area contributed by atoms with Crippen LogP contribution in [0.15, 0.2) is 36.4 Å². The number of hydrogen-bond donors (Lipinski definition) is 3. The molecule has 2 aromatic carbocycles. The van der Waals surface area contributed by atoms with Crippen molar-refractivity contribution in [2.24, 2.45) is 11.8 Å². The van der Waals surface area contributed by atoms with E-state index in [4.69, 9.17) is 16.3 Å². The summed E-state index contributed by atoms with van der Waals surface area (Å²) in [4.78, 5) is 25.2. The zero-order chi connectivity index (χ0) is 37.4. The molecule has 2 aliphatic rings. The Morgan fingerprint density at radius 3 is 2.42 bits per heavy atom. The Kier molecular flexibility index (Phi) is 19.4. The highest BCUT2D eigenvalue weighted by molar-refractivity contribution is 7.81. The number of nitrogens with one attached hydrogen (secondary N) is 1. The zero-order valence-electron chi connectivity index (χ0n) is 31.4. The van der Waals surface area contributed by atoms with Gasteiger partial charge in [0, 0.05) is 58.6 Å². The molecule has 2 aromatic rings. The van der Waals surface area contributed by atoms with E-state index in [-0.39, 0.29) is 23.8 Å². The first-order valence-corrected chi connectivity index (χ1v) is 19.5. The molecule has 0 bridgehead atoms. The van der Waals surface area contributed by atoms with E-state index in [2.05, 4.69) is 34.7 Å². The average molecular weight is 737 g/mol. The van der Waals surface area contributed by atoms with E-state index in [1.807, 2.05) is 39.1 Å². The van der Waals surface area contributed by atoms with Gasteiger partial charge in [0.05, 0.1) is 24.5 Å². The lowest BCUT2D eigenvalue weighted by atomic mass is 9.69. The van der Waals surface area contributed by atoms with E-state index in [1.54, 1.807) is 32.8 Å². The fraction of sp³-hybridized carbons (Fsp3) is 0.632. The molecule has 6 unspecified atom stereocenters. The molecular formula is C38H61ClN4O6S. The largest absolute Gasteiger partial charge is 0.491 e. The summed E-state index contributed by atoms with van der Waals surface area (Å²) in [6.07, 6.45) is 6.29. The Balaban J connectivity index is 0.000000763. The summed E-state index contributed by atoms with van der Waals surface area (Å²) in [7, 11) is 5.04. The summed E-state index contributed by atoms with van der Waals surface area (Å²) in [5, 5.41) is 22.2. The number of aryl methyl sites for hydroxylation is 1. The Morgan fingerprint density at radius 2 is 1.86 bits per heavy atom. The molecule has 3 N–H and O–H groups in total. The second kappa shape index (κ2) is 22.3. The van der Waals surface area contributed by atoms with E-state index >= 15 is 0 Å². The fourth-order valence-electron chi connectivity index (χ4n) is 6.42. The van der Waals surface area contributed by atoms with Crippen LogP contribution >= 0.6 is 11.6 Å². The third kappa shape index (κ3) is 13.1. The molecule has 1 aliphatic carbocycles. The first-order valence-electron chi connectivity index (χ1n) is 18.0. The van der Waals surface area contributed by atoms with Crippen LogP contribution in [0.1, 0.15) is 102 Å². The van der Waals surface area contributed by atoms with Crippen molar-refractivity contribution in [2.45, 2.75) is 97.7 Å². The van der Waals surface area contributed by atoms with Crippen LogP contribution in [0.5, 0.6) is 5.75 Å². The van der Waals surface area contributed by atoms with Crippen LogP contribution in [0, 0.1) is 11.8 Å². The smallest absolute Gasteiger partial charge is 0.219 e. The number of carbonyl (C=O) groups excluding carboxylic acids is 2. The summed E-state index contributed by atoms with van der Waals surface area (Å²) < 4.78 is 20.3. The van der Waals surface area contributed by atoms with Gasteiger partial charge < -0.3 is 24.7 Å². The number of rotatable bonds is 15. The molecule has 4 rings (SSSR count). The van der Waals surface area contributed by atoms with Gasteiger partial charge in [-0.3, -0.25) is 14.3 Å². The number of aliphatic hydroxyl groups is 2. The van der Waals surface area contributed by atoms with Crippen molar-refractivity contribution in [2.75, 3.05) is 52.3 Å². The maximum atomic E-state index is 11.5. The Labute approximate surface area is 308 Å². The molecular weight excluding hydrogens is 676 g/mol. The fourth-order valence-corrected chi connectivity index (χ4v) is 6.91. The second-order valence-corrected chi connectivity index (χ2v) is 15.1. The number of anilines is 1. The first kappa shape index (κ1) is 43.5. The van der Waals surface area contributed by atoms with Gasteiger partial charge in [-0.1, -0.05) is 50.9 Å². The molecule has 1 heterocycles. The standard InChI is InChI=1S/C33H47ClN2O4.C3H8N2O2S.C2H6/c1-5-8-25-17-28(34)12-14-29(25)27-20-36(31-18-24(22(2)37)11-15-33(31)40-21-27)19-26-10-13-30(26)32(39)9-6-7-16-35(4)23(3)38;1-5(2)8(7)4-3-6;1-2/h11-12,14-15,17-18,22,26-27,30,32,37,39H,5-10,13,16,19-21H2,1-4H3;3H,1-2H3,(H,4,6);1-2H3. The topological polar surface area (TPSA) is 123 Å². The third-order valence-electron chi connectivity index (χ3n) is 9.44. The van der Waals surface area contributed by atoms with Gasteiger partial charge in [0.15, 0.2) is 11.2 Å². The van der Waals surface area contributed by atoms with Gasteiger partial charge in [0.2, 0.25) is 12.3 Å². The second-order valence-electron chi connectivity index (χ2n) is 13.2. The number of unbranched alkanes of at least 4 members (excludes halogenated alkanes) is 1. The van der Waals surface area contributed by atoms with Gasteiger partial charge in [-0.15, -0.1) is 0 Å². The summed E-state index contributed by atoms with van der Waals surface area (Å²) >= 11 is 5.03. The number of hydrogen-bond acceptors (Lipinski definition) is 7. The molecule has 1 saturated carbocycles. The van der Waals surface area contributed by atoms with Crippen LogP contribution in [0.3, 0.4) is 0 Å². The third-order valence-corrected chi connectivity index (χ3v) is 10.6. The summed E-state index contributed by atoms with van der Waals surface area (Å²) in [5.41, 5.74) is 4.48. The molecule has 2 amide bonds. The SMILES string of the molecule is CC.CCCc1cc(Cl)ccc1C1COc2ccc(C(C)O)cc2N(CC2CCC2C(O)CCCCN(C)C(C)=O)C1.CN(C)S(=O)NC=O. The Bertz CT molecular complexity index is 1360. The number of aliphatic hydroxyl groups excluding tert-OH is 2. The molecule has 282 valence electrons. The zero-order valence-corrected chi connectivity index (χ0v) is 32.9. The predicted molar refractivity (Wildman–Crippen MR) is 205 cm³/mol. The predicted octanol–water partition coefficient (Wildman–Crippen LogP) is 6.26. The van der Waals surface area contributed by atoms with Crippen molar-refractivity contribution in [3.63, 3.8) is 0 Å². The summed E-state index contributed by atoms with van der Waals surface area (Å²) in [6.45, 7) is 12.6. The van der Waals surface area contributed by atoms with E-state index in [9.17, 15) is 24.0 Å². The van der Waals surface area contributed by atoms with E-state index < -0.39 is 17.3 Å². The van der Waals surface area contributed by atoms with Gasteiger partial charge in [-0.2, -0.15) is 0 Å². The van der Waals surface area contributed by atoms with Crippen LogP contribution in [0.4, 0.5) is 5.69 Å². The van der Waals surface area contributed by atoms with Gasteiger partial charge in [-0.25, -0.2) is 8.51 Å². The molecule has 1 fully saturated rings. The minimum Gasteiger partial charge on any atom is -0.491 e. The lowest BCUT2D eigenvalue weighted by molar-refractivity contribution is -0.127. The maximum Gasteiger partial charge on any atom is 0.219 e. The van der Waals surface area contributed by atoms with Crippen LogP contribution in [-0.4, -0.2) is 89.4 Å². The number of nitrogens with zero attached hydrogens (tertiary/aromatic N) is 3. The molecule has 0 spiro atoms. The number of benzene rings is 2. The van der Waals surface area contributed by atoms with Crippen molar-refractivity contribution in [1.82, 2.24) is 13.9 Å². The van der Waals surface area contributed by atoms with Crippen molar-refractivity contribution in [3.05, 3.63) is 58.1 Å². The van der Waals surface area contributed by atoms with Crippen LogP contribution in [0.25, 0.3) is 0 Å². The van der Waals surface area contributed by atoms with Crippen molar-refractivity contribution in [1.29, 1.82) is 0 Å². The first-order chi connectivity index (χ1) is 23.9. The normalized spacial score (nSPS) is 19.8. The highest BCUT2D eigenvalue weighted by Crippen LogP contribution is 2.43. The number of amides is 2. The molecule has 1 aliphatic heterocycles. The van der Waals surface area contributed by atoms with Gasteiger partial charge in [-0.05, 0) is 98.2 Å². The summed E-state index contributed by atoms with van der Waals surface area (Å²) in [6, 6.07) is 12.3. The number of ether oxygens (including phenoxy) is 1. The molecule has 0 aromatic heterocycles. The molecule has 12 heteroatoms.